The first kappa shape index (κ1) is 18.5. The van der Waals surface area contributed by atoms with Crippen LogP contribution in [0, 0.1) is 12.8 Å². The number of nitrogens with zero attached hydrogens (tertiary/aromatic N) is 3. The molecule has 5 nitrogen and oxygen atoms in total. The fourth-order valence-electron chi connectivity index (χ4n) is 3.65. The van der Waals surface area contributed by atoms with Gasteiger partial charge in [-0.05, 0) is 50.7 Å². The standard InChI is InChI=1S/C19H28ClN3O2/c1-15-13-17(20)3-4-18(15)25-12-11-22-7-9-23(10-8-22)19(24)16-5-6-21(2)14-16/h3-4,13,16H,5-12,14H2,1-2H3/t16-/m1/s1. The van der Waals surface area contributed by atoms with Crippen LogP contribution >= 0.6 is 11.6 Å². The van der Waals surface area contributed by atoms with E-state index in [-0.39, 0.29) is 5.92 Å². The first-order chi connectivity index (χ1) is 12.0. The van der Waals surface area contributed by atoms with E-state index >= 15 is 0 Å². The van der Waals surface area contributed by atoms with Gasteiger partial charge in [-0.3, -0.25) is 9.69 Å². The van der Waals surface area contributed by atoms with Gasteiger partial charge in [0.2, 0.25) is 5.91 Å². The van der Waals surface area contributed by atoms with Gasteiger partial charge in [-0.15, -0.1) is 0 Å². The van der Waals surface area contributed by atoms with Crippen LogP contribution in [-0.2, 0) is 4.79 Å². The Bertz CT molecular complexity index is 602. The molecule has 0 aromatic heterocycles. The van der Waals surface area contributed by atoms with Crippen molar-refractivity contribution in [1.82, 2.24) is 14.7 Å². The van der Waals surface area contributed by atoms with Crippen LogP contribution in [0.25, 0.3) is 0 Å². The average Bonchev–Trinajstić information content (AvgIpc) is 3.03. The highest BCUT2D eigenvalue weighted by molar-refractivity contribution is 6.30. The topological polar surface area (TPSA) is 36.0 Å². The smallest absolute Gasteiger partial charge is 0.227 e. The van der Waals surface area contributed by atoms with Crippen molar-refractivity contribution in [3.8, 4) is 5.75 Å². The first-order valence-corrected chi connectivity index (χ1v) is 9.49. The molecular formula is C19H28ClN3O2. The van der Waals surface area contributed by atoms with Crippen LogP contribution in [0.15, 0.2) is 18.2 Å². The number of aryl methyl sites for hydroxylation is 1. The number of likely N-dealkylation sites (tertiary alicyclic amines) is 1. The van der Waals surface area contributed by atoms with Crippen LogP contribution in [0.4, 0.5) is 0 Å². The molecule has 1 aromatic carbocycles. The molecule has 2 heterocycles. The zero-order valence-corrected chi connectivity index (χ0v) is 16.0. The molecule has 3 rings (SSSR count). The molecule has 1 amide bonds. The lowest BCUT2D eigenvalue weighted by Crippen LogP contribution is -2.51. The van der Waals surface area contributed by atoms with Crippen molar-refractivity contribution in [2.75, 3.05) is 59.5 Å². The normalized spacial score (nSPS) is 22.4. The van der Waals surface area contributed by atoms with E-state index in [2.05, 4.69) is 16.8 Å². The lowest BCUT2D eigenvalue weighted by Gasteiger charge is -2.35. The van der Waals surface area contributed by atoms with E-state index < -0.39 is 0 Å². The molecule has 138 valence electrons. The molecule has 0 aliphatic carbocycles. The highest BCUT2D eigenvalue weighted by Crippen LogP contribution is 2.22. The van der Waals surface area contributed by atoms with Crippen LogP contribution in [0.3, 0.4) is 0 Å². The van der Waals surface area contributed by atoms with E-state index in [1.165, 1.54) is 0 Å². The van der Waals surface area contributed by atoms with Gasteiger partial charge in [0.25, 0.3) is 0 Å². The number of hydrogen-bond donors (Lipinski definition) is 0. The average molecular weight is 366 g/mol. The number of halogens is 1. The molecule has 0 N–H and O–H groups in total. The Morgan fingerprint density at radius 3 is 2.64 bits per heavy atom. The summed E-state index contributed by atoms with van der Waals surface area (Å²) in [5, 5.41) is 0.735. The van der Waals surface area contributed by atoms with Gasteiger partial charge in [0.1, 0.15) is 12.4 Å². The number of carbonyl (C=O) groups is 1. The highest BCUT2D eigenvalue weighted by atomic mass is 35.5. The number of amides is 1. The molecule has 0 bridgehead atoms. The Kier molecular flexibility index (Phi) is 6.20. The number of piperazine rings is 1. The molecule has 25 heavy (non-hydrogen) atoms. The van der Waals surface area contributed by atoms with Crippen molar-refractivity contribution in [2.45, 2.75) is 13.3 Å². The second-order valence-electron chi connectivity index (χ2n) is 7.17. The van der Waals surface area contributed by atoms with Gasteiger partial charge in [0.15, 0.2) is 0 Å². The molecule has 2 saturated heterocycles. The summed E-state index contributed by atoms with van der Waals surface area (Å²) < 4.78 is 5.88. The summed E-state index contributed by atoms with van der Waals surface area (Å²) in [5.41, 5.74) is 1.06. The van der Waals surface area contributed by atoms with Gasteiger partial charge >= 0.3 is 0 Å². The molecule has 0 unspecified atom stereocenters. The van der Waals surface area contributed by atoms with E-state index in [9.17, 15) is 4.79 Å². The van der Waals surface area contributed by atoms with E-state index in [1.54, 1.807) is 0 Å². The van der Waals surface area contributed by atoms with Gasteiger partial charge in [-0.25, -0.2) is 0 Å². The van der Waals surface area contributed by atoms with Crippen molar-refractivity contribution in [3.63, 3.8) is 0 Å². The number of hydrogen-bond acceptors (Lipinski definition) is 4. The number of benzene rings is 1. The van der Waals surface area contributed by atoms with Crippen LogP contribution in [0.1, 0.15) is 12.0 Å². The third-order valence-electron chi connectivity index (χ3n) is 5.23. The van der Waals surface area contributed by atoms with Crippen molar-refractivity contribution >= 4 is 17.5 Å². The summed E-state index contributed by atoms with van der Waals surface area (Å²) >= 11 is 5.97. The zero-order chi connectivity index (χ0) is 17.8. The molecule has 1 aromatic rings. The summed E-state index contributed by atoms with van der Waals surface area (Å²) in [4.78, 5) is 19.2. The SMILES string of the molecule is Cc1cc(Cl)ccc1OCCN1CCN(C(=O)[C@@H]2CCN(C)C2)CC1. The highest BCUT2D eigenvalue weighted by Gasteiger charge is 2.31. The predicted octanol–water partition coefficient (Wildman–Crippen LogP) is 2.12. The maximum Gasteiger partial charge on any atom is 0.227 e. The van der Waals surface area contributed by atoms with Crippen LogP contribution in [0.2, 0.25) is 5.02 Å². The monoisotopic (exact) mass is 365 g/mol. The minimum atomic E-state index is 0.202. The largest absolute Gasteiger partial charge is 0.492 e. The van der Waals surface area contributed by atoms with Crippen molar-refractivity contribution in [3.05, 3.63) is 28.8 Å². The summed E-state index contributed by atoms with van der Waals surface area (Å²) in [7, 11) is 2.09. The Labute approximate surface area is 155 Å². The Morgan fingerprint density at radius 1 is 1.24 bits per heavy atom. The molecule has 0 saturated carbocycles. The third-order valence-corrected chi connectivity index (χ3v) is 5.46. The van der Waals surface area contributed by atoms with Crippen LogP contribution in [-0.4, -0.2) is 80.1 Å². The summed E-state index contributed by atoms with van der Waals surface area (Å²) in [5.74, 6) is 1.44. The molecule has 2 fully saturated rings. The molecular weight excluding hydrogens is 338 g/mol. The van der Waals surface area contributed by atoms with Crippen molar-refractivity contribution in [1.29, 1.82) is 0 Å². The molecule has 6 heteroatoms. The number of rotatable bonds is 5. The Morgan fingerprint density at radius 2 is 2.00 bits per heavy atom. The lowest BCUT2D eigenvalue weighted by molar-refractivity contribution is -0.136. The molecule has 0 radical (unpaired) electrons. The van der Waals surface area contributed by atoms with Gasteiger partial charge in [0, 0.05) is 44.3 Å². The molecule has 2 aliphatic rings. The van der Waals surface area contributed by atoms with Gasteiger partial charge in [0.05, 0.1) is 5.92 Å². The van der Waals surface area contributed by atoms with Crippen LogP contribution in [0.5, 0.6) is 5.75 Å². The van der Waals surface area contributed by atoms with Gasteiger partial charge in [-0.2, -0.15) is 0 Å². The Hall–Kier alpha value is -1.30. The predicted molar refractivity (Wildman–Crippen MR) is 100 cm³/mol. The fraction of sp³-hybridized carbons (Fsp3) is 0.632. The van der Waals surface area contributed by atoms with Gasteiger partial charge in [-0.1, -0.05) is 11.6 Å². The summed E-state index contributed by atoms with van der Waals surface area (Å²) in [6.07, 6.45) is 1.00. The fourth-order valence-corrected chi connectivity index (χ4v) is 3.87. The van der Waals surface area contributed by atoms with Crippen molar-refractivity contribution < 1.29 is 9.53 Å². The zero-order valence-electron chi connectivity index (χ0n) is 15.2. The second kappa shape index (κ2) is 8.39. The van der Waals surface area contributed by atoms with E-state index in [4.69, 9.17) is 16.3 Å². The van der Waals surface area contributed by atoms with Crippen LogP contribution < -0.4 is 4.74 Å². The minimum absolute atomic E-state index is 0.202. The second-order valence-corrected chi connectivity index (χ2v) is 7.61. The van der Waals surface area contributed by atoms with E-state index in [0.717, 1.165) is 68.6 Å². The van der Waals surface area contributed by atoms with E-state index in [1.807, 2.05) is 30.0 Å². The van der Waals surface area contributed by atoms with Gasteiger partial charge < -0.3 is 14.5 Å². The maximum absolute atomic E-state index is 12.6. The summed E-state index contributed by atoms with van der Waals surface area (Å²) in [6.45, 7) is 9.02. The Balaban J connectivity index is 1.38. The lowest BCUT2D eigenvalue weighted by atomic mass is 10.1. The number of ether oxygens (including phenoxy) is 1. The molecule has 2 aliphatic heterocycles. The molecule has 1 atom stereocenters. The molecule has 0 spiro atoms. The third kappa shape index (κ3) is 4.87. The van der Waals surface area contributed by atoms with E-state index in [0.29, 0.717) is 12.5 Å². The minimum Gasteiger partial charge on any atom is -0.492 e. The quantitative estimate of drug-likeness (QED) is 0.800. The first-order valence-electron chi connectivity index (χ1n) is 9.11. The number of carbonyl (C=O) groups excluding carboxylic acids is 1. The summed E-state index contributed by atoms with van der Waals surface area (Å²) in [6, 6.07) is 5.70. The maximum atomic E-state index is 12.6. The van der Waals surface area contributed by atoms with Crippen molar-refractivity contribution in [2.24, 2.45) is 5.92 Å².